The Hall–Kier alpha value is -1.29. The molecule has 2 unspecified atom stereocenters. The number of hydrogen-bond acceptors (Lipinski definition) is 3. The Labute approximate surface area is 111 Å². The summed E-state index contributed by atoms with van der Waals surface area (Å²) in [5.41, 5.74) is 0.867. The van der Waals surface area contributed by atoms with Gasteiger partial charge in [0.2, 0.25) is 0 Å². The molecule has 0 spiro atoms. The number of alkyl halides is 1. The maximum absolute atomic E-state index is 6.35. The molecule has 3 rings (SSSR count). The highest BCUT2D eigenvalue weighted by atomic mass is 35.5. The van der Waals surface area contributed by atoms with Gasteiger partial charge in [0.1, 0.15) is 5.82 Å². The van der Waals surface area contributed by atoms with Gasteiger partial charge in [-0.25, -0.2) is 9.50 Å². The van der Waals surface area contributed by atoms with Crippen molar-refractivity contribution in [1.82, 2.24) is 14.6 Å². The van der Waals surface area contributed by atoms with E-state index in [2.05, 4.69) is 15.4 Å². The van der Waals surface area contributed by atoms with Gasteiger partial charge in [-0.3, -0.25) is 0 Å². The minimum atomic E-state index is 0.310. The molecule has 0 saturated heterocycles. The topological polar surface area (TPSA) is 42.2 Å². The summed E-state index contributed by atoms with van der Waals surface area (Å²) in [6, 6.07) is 3.85. The third-order valence-electron chi connectivity index (χ3n) is 3.62. The van der Waals surface area contributed by atoms with Gasteiger partial charge in [0, 0.05) is 24.2 Å². The molecule has 96 valence electrons. The average molecular weight is 265 g/mol. The minimum absolute atomic E-state index is 0.310. The highest BCUT2D eigenvalue weighted by molar-refractivity contribution is 6.20. The van der Waals surface area contributed by atoms with Crippen LogP contribution in [0.4, 0.5) is 5.82 Å². The van der Waals surface area contributed by atoms with Gasteiger partial charge in [0.15, 0.2) is 5.65 Å². The molecule has 5 heteroatoms. The molecule has 2 atom stereocenters. The van der Waals surface area contributed by atoms with Crippen molar-refractivity contribution in [2.75, 3.05) is 11.9 Å². The number of nitrogens with one attached hydrogen (secondary N) is 1. The van der Waals surface area contributed by atoms with Gasteiger partial charge in [-0.2, -0.15) is 5.10 Å². The molecular formula is C13H17ClN4. The third kappa shape index (κ3) is 2.43. The maximum atomic E-state index is 6.35. The summed E-state index contributed by atoms with van der Waals surface area (Å²) in [6.45, 7) is 0.908. The van der Waals surface area contributed by atoms with E-state index in [-0.39, 0.29) is 0 Å². The van der Waals surface area contributed by atoms with Gasteiger partial charge >= 0.3 is 0 Å². The second-order valence-corrected chi connectivity index (χ2v) is 5.45. The zero-order valence-corrected chi connectivity index (χ0v) is 11.0. The first-order valence-corrected chi connectivity index (χ1v) is 6.95. The highest BCUT2D eigenvalue weighted by Crippen LogP contribution is 2.28. The van der Waals surface area contributed by atoms with Gasteiger partial charge in [-0.05, 0) is 24.8 Å². The summed E-state index contributed by atoms with van der Waals surface area (Å²) in [5.74, 6) is 1.46. The second-order valence-electron chi connectivity index (χ2n) is 4.89. The van der Waals surface area contributed by atoms with Crippen molar-refractivity contribution < 1.29 is 0 Å². The third-order valence-corrected chi connectivity index (χ3v) is 4.19. The molecule has 0 bridgehead atoms. The van der Waals surface area contributed by atoms with Gasteiger partial charge in [0.25, 0.3) is 0 Å². The van der Waals surface area contributed by atoms with E-state index in [0.717, 1.165) is 24.4 Å². The van der Waals surface area contributed by atoms with Crippen LogP contribution < -0.4 is 5.32 Å². The zero-order valence-electron chi connectivity index (χ0n) is 10.2. The number of fused-ring (bicyclic) bond motifs is 1. The molecule has 1 aliphatic carbocycles. The first kappa shape index (κ1) is 11.8. The fourth-order valence-corrected chi connectivity index (χ4v) is 2.91. The monoisotopic (exact) mass is 264 g/mol. The molecule has 2 heterocycles. The SMILES string of the molecule is ClC1CCCCC1CNc1ccn2nccc2n1. The summed E-state index contributed by atoms with van der Waals surface area (Å²) in [6.07, 6.45) is 8.60. The molecule has 4 nitrogen and oxygen atoms in total. The molecule has 1 fully saturated rings. The van der Waals surface area contributed by atoms with Gasteiger partial charge in [-0.15, -0.1) is 11.6 Å². The Morgan fingerprint density at radius 2 is 2.22 bits per heavy atom. The van der Waals surface area contributed by atoms with Crippen molar-refractivity contribution in [3.8, 4) is 0 Å². The second kappa shape index (κ2) is 5.14. The van der Waals surface area contributed by atoms with Crippen LogP contribution in [0.1, 0.15) is 25.7 Å². The first-order valence-electron chi connectivity index (χ1n) is 6.51. The van der Waals surface area contributed by atoms with Crippen LogP contribution in [0.15, 0.2) is 24.5 Å². The lowest BCUT2D eigenvalue weighted by molar-refractivity contribution is 0.380. The van der Waals surface area contributed by atoms with Crippen molar-refractivity contribution in [2.45, 2.75) is 31.1 Å². The number of anilines is 1. The Morgan fingerprint density at radius 1 is 1.33 bits per heavy atom. The molecule has 1 saturated carbocycles. The van der Waals surface area contributed by atoms with Crippen LogP contribution in [0.3, 0.4) is 0 Å². The van der Waals surface area contributed by atoms with Crippen LogP contribution >= 0.6 is 11.6 Å². The Kier molecular flexibility index (Phi) is 3.37. The van der Waals surface area contributed by atoms with Crippen molar-refractivity contribution in [3.05, 3.63) is 24.5 Å². The Bertz CT molecular complexity index is 524. The van der Waals surface area contributed by atoms with Crippen LogP contribution in [-0.2, 0) is 0 Å². The van der Waals surface area contributed by atoms with Crippen molar-refractivity contribution >= 4 is 23.1 Å². The van der Waals surface area contributed by atoms with Crippen LogP contribution in [-0.4, -0.2) is 26.5 Å². The number of aromatic nitrogens is 3. The molecule has 1 N–H and O–H groups in total. The van der Waals surface area contributed by atoms with E-state index in [9.17, 15) is 0 Å². The van der Waals surface area contributed by atoms with E-state index in [1.807, 2.05) is 18.3 Å². The fraction of sp³-hybridized carbons (Fsp3) is 0.538. The molecule has 1 aliphatic rings. The first-order chi connectivity index (χ1) is 8.83. The number of rotatable bonds is 3. The van der Waals surface area contributed by atoms with Crippen LogP contribution in [0.5, 0.6) is 0 Å². The molecule has 18 heavy (non-hydrogen) atoms. The molecule has 2 aromatic rings. The summed E-state index contributed by atoms with van der Waals surface area (Å²) in [4.78, 5) is 4.49. The molecule has 0 amide bonds. The van der Waals surface area contributed by atoms with Gasteiger partial charge < -0.3 is 5.32 Å². The summed E-state index contributed by atoms with van der Waals surface area (Å²) < 4.78 is 1.76. The lowest BCUT2D eigenvalue weighted by Crippen LogP contribution is -2.27. The maximum Gasteiger partial charge on any atom is 0.157 e. The van der Waals surface area contributed by atoms with E-state index in [0.29, 0.717) is 11.3 Å². The van der Waals surface area contributed by atoms with E-state index in [4.69, 9.17) is 11.6 Å². The Morgan fingerprint density at radius 3 is 3.11 bits per heavy atom. The molecule has 0 aliphatic heterocycles. The van der Waals surface area contributed by atoms with E-state index in [1.165, 1.54) is 19.3 Å². The van der Waals surface area contributed by atoms with Crippen LogP contribution in [0.2, 0.25) is 0 Å². The summed E-state index contributed by atoms with van der Waals surface area (Å²) in [5, 5.41) is 7.83. The minimum Gasteiger partial charge on any atom is -0.370 e. The summed E-state index contributed by atoms with van der Waals surface area (Å²) >= 11 is 6.35. The largest absolute Gasteiger partial charge is 0.370 e. The average Bonchev–Trinajstić information content (AvgIpc) is 2.85. The van der Waals surface area contributed by atoms with E-state index in [1.54, 1.807) is 10.7 Å². The molecule has 0 aromatic carbocycles. The van der Waals surface area contributed by atoms with Gasteiger partial charge in [-0.1, -0.05) is 12.8 Å². The molecular weight excluding hydrogens is 248 g/mol. The Balaban J connectivity index is 1.65. The molecule has 2 aromatic heterocycles. The van der Waals surface area contributed by atoms with Crippen LogP contribution in [0.25, 0.3) is 5.65 Å². The quantitative estimate of drug-likeness (QED) is 0.867. The number of nitrogens with zero attached hydrogens (tertiary/aromatic N) is 3. The van der Waals surface area contributed by atoms with Crippen LogP contribution in [0, 0.1) is 5.92 Å². The lowest BCUT2D eigenvalue weighted by atomic mass is 9.89. The van der Waals surface area contributed by atoms with Crippen molar-refractivity contribution in [1.29, 1.82) is 0 Å². The van der Waals surface area contributed by atoms with E-state index < -0.39 is 0 Å². The predicted octanol–water partition coefficient (Wildman–Crippen LogP) is 2.94. The summed E-state index contributed by atoms with van der Waals surface area (Å²) in [7, 11) is 0. The normalized spacial score (nSPS) is 24.3. The van der Waals surface area contributed by atoms with Crippen molar-refractivity contribution in [3.63, 3.8) is 0 Å². The molecule has 0 radical (unpaired) electrons. The predicted molar refractivity (Wildman–Crippen MR) is 73.1 cm³/mol. The zero-order chi connectivity index (χ0) is 12.4. The van der Waals surface area contributed by atoms with E-state index >= 15 is 0 Å². The standard InChI is InChI=1S/C13H17ClN4/c14-11-4-2-1-3-10(11)9-15-12-6-8-18-13(17-12)5-7-16-18/h5-8,10-11H,1-4,9H2,(H,15,17). The highest BCUT2D eigenvalue weighted by Gasteiger charge is 2.22. The number of halogens is 1. The lowest BCUT2D eigenvalue weighted by Gasteiger charge is -2.27. The smallest absolute Gasteiger partial charge is 0.157 e. The number of hydrogen-bond donors (Lipinski definition) is 1. The van der Waals surface area contributed by atoms with Crippen molar-refractivity contribution in [2.24, 2.45) is 5.92 Å². The van der Waals surface area contributed by atoms with Gasteiger partial charge in [0.05, 0.1) is 6.20 Å². The fourth-order valence-electron chi connectivity index (χ4n) is 2.54.